The number of aliphatic hydroxyl groups excluding tert-OH is 1. The van der Waals surface area contributed by atoms with Crippen LogP contribution in [0.2, 0.25) is 0 Å². The average Bonchev–Trinajstić information content (AvgIpc) is 2.60. The molecule has 2 aromatic rings. The van der Waals surface area contributed by atoms with Crippen LogP contribution >= 0.6 is 0 Å². The minimum Gasteiger partial charge on any atom is -0.394 e. The molecule has 0 aliphatic carbocycles. The number of anilines is 1. The maximum atomic E-state index is 12.0. The number of aromatic nitrogens is 2. The number of carbonyl (C=O) groups is 1. The summed E-state index contributed by atoms with van der Waals surface area (Å²) in [5.41, 5.74) is 2.14. The molecule has 128 valence electrons. The van der Waals surface area contributed by atoms with Crippen LogP contribution in [0.4, 0.5) is 5.82 Å². The van der Waals surface area contributed by atoms with E-state index in [9.17, 15) is 9.59 Å². The minimum atomic E-state index is -0.590. The van der Waals surface area contributed by atoms with Gasteiger partial charge in [-0.2, -0.15) is 10.5 Å². The highest BCUT2D eigenvalue weighted by molar-refractivity contribution is 5.89. The number of nitrogens with one attached hydrogen (secondary N) is 1. The topological polar surface area (TPSA) is 103 Å². The van der Waals surface area contributed by atoms with Gasteiger partial charge in [-0.25, -0.2) is 9.59 Å². The maximum absolute atomic E-state index is 12.0. The maximum Gasteiger partial charge on any atom is 0.362 e. The van der Waals surface area contributed by atoms with Crippen molar-refractivity contribution in [2.24, 2.45) is 0 Å². The van der Waals surface area contributed by atoms with Crippen molar-refractivity contribution in [3.63, 3.8) is 0 Å². The van der Waals surface area contributed by atoms with Gasteiger partial charge in [0.15, 0.2) is 5.82 Å². The van der Waals surface area contributed by atoms with E-state index in [0.29, 0.717) is 5.56 Å². The van der Waals surface area contributed by atoms with Gasteiger partial charge in [0.1, 0.15) is 6.23 Å². The Kier molecular flexibility index (Phi) is 6.05. The molecule has 1 aromatic heterocycles. The Labute approximate surface area is 138 Å². The second-order valence-electron chi connectivity index (χ2n) is 5.09. The molecule has 0 radical (unpaired) electrons. The van der Waals surface area contributed by atoms with E-state index in [1.165, 1.54) is 16.8 Å². The van der Waals surface area contributed by atoms with Crippen molar-refractivity contribution < 1.29 is 19.5 Å². The Morgan fingerprint density at radius 1 is 1.29 bits per heavy atom. The largest absolute Gasteiger partial charge is 0.394 e. The standard InChI is InChI=1S/C16H19N3O5/c1-11(10-20)23-12(2)19-9-8-14(17-16(19)22)18-24-15(21)13-6-4-3-5-7-13/h3-9,11-12,20H,10H2,1-2H3,(H,17,18,22). The van der Waals surface area contributed by atoms with Crippen LogP contribution in [0.1, 0.15) is 30.4 Å². The third-order valence-corrected chi connectivity index (χ3v) is 3.17. The zero-order valence-electron chi connectivity index (χ0n) is 13.4. The molecule has 24 heavy (non-hydrogen) atoms. The lowest BCUT2D eigenvalue weighted by Crippen LogP contribution is -2.30. The molecule has 0 bridgehead atoms. The molecule has 0 amide bonds. The van der Waals surface area contributed by atoms with Crippen LogP contribution in [0.5, 0.6) is 0 Å². The smallest absolute Gasteiger partial charge is 0.362 e. The summed E-state index contributed by atoms with van der Waals surface area (Å²) in [6.45, 7) is 3.20. The molecule has 0 aliphatic rings. The number of nitrogens with zero attached hydrogens (tertiary/aromatic N) is 2. The summed E-state index contributed by atoms with van der Waals surface area (Å²) >= 11 is 0. The van der Waals surface area contributed by atoms with Crippen molar-refractivity contribution in [3.05, 3.63) is 58.6 Å². The molecule has 0 aliphatic heterocycles. The predicted molar refractivity (Wildman–Crippen MR) is 86.3 cm³/mol. The molecular weight excluding hydrogens is 314 g/mol. The van der Waals surface area contributed by atoms with Crippen LogP contribution in [0.25, 0.3) is 0 Å². The number of hydrogen-bond donors (Lipinski definition) is 2. The number of carbonyl (C=O) groups excluding carboxylic acids is 1. The van der Waals surface area contributed by atoms with Crippen LogP contribution in [0.3, 0.4) is 0 Å². The van der Waals surface area contributed by atoms with Gasteiger partial charge in [0, 0.05) is 12.3 Å². The normalized spacial score (nSPS) is 13.1. The molecule has 2 unspecified atom stereocenters. The second-order valence-corrected chi connectivity index (χ2v) is 5.09. The molecule has 2 N–H and O–H groups in total. The summed E-state index contributed by atoms with van der Waals surface area (Å²) in [5, 5.41) is 8.97. The van der Waals surface area contributed by atoms with Crippen LogP contribution in [0, 0.1) is 0 Å². The van der Waals surface area contributed by atoms with E-state index in [2.05, 4.69) is 10.5 Å². The monoisotopic (exact) mass is 333 g/mol. The summed E-state index contributed by atoms with van der Waals surface area (Å²) in [4.78, 5) is 32.4. The highest BCUT2D eigenvalue weighted by Gasteiger charge is 2.12. The van der Waals surface area contributed by atoms with Gasteiger partial charge in [-0.1, -0.05) is 18.2 Å². The molecule has 0 spiro atoms. The second kappa shape index (κ2) is 8.23. The fourth-order valence-corrected chi connectivity index (χ4v) is 1.92. The van der Waals surface area contributed by atoms with Gasteiger partial charge in [-0.05, 0) is 26.0 Å². The first-order valence-corrected chi connectivity index (χ1v) is 7.39. The predicted octanol–water partition coefficient (Wildman–Crippen LogP) is 1.34. The summed E-state index contributed by atoms with van der Waals surface area (Å²) in [6.07, 6.45) is 0.465. The first-order valence-electron chi connectivity index (χ1n) is 7.39. The number of rotatable bonds is 7. The molecule has 0 saturated carbocycles. The third-order valence-electron chi connectivity index (χ3n) is 3.17. The van der Waals surface area contributed by atoms with E-state index >= 15 is 0 Å². The van der Waals surface area contributed by atoms with E-state index in [4.69, 9.17) is 14.7 Å². The number of ether oxygens (including phenoxy) is 1. The molecule has 8 heteroatoms. The summed E-state index contributed by atoms with van der Waals surface area (Å²) in [6, 6.07) is 9.90. The summed E-state index contributed by atoms with van der Waals surface area (Å²) in [7, 11) is 0. The first kappa shape index (κ1) is 17.6. The van der Waals surface area contributed by atoms with Crippen LogP contribution in [-0.2, 0) is 9.57 Å². The molecule has 2 atom stereocenters. The van der Waals surface area contributed by atoms with Crippen LogP contribution in [0.15, 0.2) is 47.4 Å². The lowest BCUT2D eigenvalue weighted by molar-refractivity contribution is -0.0579. The molecular formula is C16H19N3O5. The van der Waals surface area contributed by atoms with Gasteiger partial charge in [-0.3, -0.25) is 4.57 Å². The van der Waals surface area contributed by atoms with E-state index in [1.807, 2.05) is 0 Å². The third kappa shape index (κ3) is 4.64. The minimum absolute atomic E-state index is 0.0999. The van der Waals surface area contributed by atoms with E-state index in [0.717, 1.165) is 0 Å². The van der Waals surface area contributed by atoms with Crippen LogP contribution in [-0.4, -0.2) is 33.3 Å². The van der Waals surface area contributed by atoms with Crippen molar-refractivity contribution in [2.45, 2.75) is 26.2 Å². The Hall–Kier alpha value is -2.71. The Bertz CT molecular complexity index is 732. The Morgan fingerprint density at radius 3 is 2.62 bits per heavy atom. The van der Waals surface area contributed by atoms with Gasteiger partial charge < -0.3 is 14.7 Å². The number of benzene rings is 1. The van der Waals surface area contributed by atoms with Gasteiger partial charge in [0.2, 0.25) is 0 Å². The molecule has 0 fully saturated rings. The van der Waals surface area contributed by atoms with Gasteiger partial charge in [0.05, 0.1) is 18.3 Å². The molecule has 1 heterocycles. The van der Waals surface area contributed by atoms with Crippen molar-refractivity contribution in [2.75, 3.05) is 12.1 Å². The fraction of sp³-hybridized carbons (Fsp3) is 0.312. The van der Waals surface area contributed by atoms with Crippen molar-refractivity contribution in [1.29, 1.82) is 0 Å². The summed E-state index contributed by atoms with van der Waals surface area (Å²) in [5.74, 6) is -0.488. The molecule has 0 saturated heterocycles. The SMILES string of the molecule is CC(CO)OC(C)n1ccc(NOC(=O)c2ccccc2)nc1=O. The Balaban J connectivity index is 1.99. The van der Waals surface area contributed by atoms with Gasteiger partial charge in [-0.15, -0.1) is 0 Å². The van der Waals surface area contributed by atoms with Crippen molar-refractivity contribution in [1.82, 2.24) is 9.55 Å². The first-order chi connectivity index (χ1) is 11.5. The van der Waals surface area contributed by atoms with Crippen molar-refractivity contribution in [3.8, 4) is 0 Å². The quantitative estimate of drug-likeness (QED) is 0.737. The Morgan fingerprint density at radius 2 is 2.00 bits per heavy atom. The molecule has 1 aromatic carbocycles. The molecule has 2 rings (SSSR count). The van der Waals surface area contributed by atoms with Crippen LogP contribution < -0.4 is 11.2 Å². The fourth-order valence-electron chi connectivity index (χ4n) is 1.92. The highest BCUT2D eigenvalue weighted by Crippen LogP contribution is 2.09. The lowest BCUT2D eigenvalue weighted by atomic mass is 10.2. The van der Waals surface area contributed by atoms with Gasteiger partial charge >= 0.3 is 11.7 Å². The average molecular weight is 333 g/mol. The zero-order valence-corrected chi connectivity index (χ0v) is 13.4. The van der Waals surface area contributed by atoms with Gasteiger partial charge in [0.25, 0.3) is 0 Å². The van der Waals surface area contributed by atoms with E-state index < -0.39 is 24.0 Å². The highest BCUT2D eigenvalue weighted by atomic mass is 16.7. The number of aliphatic hydroxyl groups is 1. The lowest BCUT2D eigenvalue weighted by Gasteiger charge is -2.19. The zero-order chi connectivity index (χ0) is 17.5. The number of hydrogen-bond acceptors (Lipinski definition) is 7. The van der Waals surface area contributed by atoms with E-state index in [1.54, 1.807) is 44.2 Å². The van der Waals surface area contributed by atoms with Crippen molar-refractivity contribution >= 4 is 11.8 Å². The van der Waals surface area contributed by atoms with E-state index in [-0.39, 0.29) is 12.4 Å². The molecule has 8 nitrogen and oxygen atoms in total. The summed E-state index contributed by atoms with van der Waals surface area (Å²) < 4.78 is 6.69.